The van der Waals surface area contributed by atoms with Crippen LogP contribution in [0.25, 0.3) is 49.5 Å². The van der Waals surface area contributed by atoms with Gasteiger partial charge in [-0.05, 0) is 118 Å². The molecule has 2 heteroatoms. The highest BCUT2D eigenvalue weighted by atomic mass is 15.2. The SMILES string of the molecule is C=C/C=C\c1c(N(/C(=C/C=C\C)CC)c2ccc(-c3ccc(N(c4ccccc4)c4cc5ccccc5c5ccccc45)cc3)cc2)cc2ccccc2c1C. The molecule has 8 aromatic carbocycles. The fourth-order valence-corrected chi connectivity index (χ4v) is 7.93. The minimum absolute atomic E-state index is 0.869. The van der Waals surface area contributed by atoms with Crippen LogP contribution in [-0.4, -0.2) is 0 Å². The lowest BCUT2D eigenvalue weighted by Crippen LogP contribution is -2.17. The summed E-state index contributed by atoms with van der Waals surface area (Å²) in [7, 11) is 0. The molecule has 8 aromatic rings. The zero-order chi connectivity index (χ0) is 38.4. The average Bonchev–Trinajstić information content (AvgIpc) is 3.26. The van der Waals surface area contributed by atoms with Gasteiger partial charge >= 0.3 is 0 Å². The highest BCUT2D eigenvalue weighted by Gasteiger charge is 2.20. The largest absolute Gasteiger partial charge is 0.314 e. The quantitative estimate of drug-likeness (QED) is 0.0969. The van der Waals surface area contributed by atoms with Gasteiger partial charge in [0.15, 0.2) is 0 Å². The third kappa shape index (κ3) is 6.94. The predicted molar refractivity (Wildman–Crippen MR) is 245 cm³/mol. The monoisotopic (exact) mass is 722 g/mol. The molecule has 0 unspecified atom stereocenters. The number of nitrogens with zero attached hydrogens (tertiary/aromatic N) is 2. The van der Waals surface area contributed by atoms with Crippen molar-refractivity contribution in [1.82, 2.24) is 0 Å². The molecule has 0 spiro atoms. The number of aryl methyl sites for hydroxylation is 1. The van der Waals surface area contributed by atoms with Crippen molar-refractivity contribution in [3.63, 3.8) is 0 Å². The van der Waals surface area contributed by atoms with Gasteiger partial charge in [0.1, 0.15) is 0 Å². The van der Waals surface area contributed by atoms with Crippen molar-refractivity contribution >= 4 is 66.8 Å². The van der Waals surface area contributed by atoms with E-state index in [1.54, 1.807) is 0 Å². The van der Waals surface area contributed by atoms with Crippen LogP contribution < -0.4 is 9.80 Å². The summed E-state index contributed by atoms with van der Waals surface area (Å²) in [6.07, 6.45) is 13.4. The van der Waals surface area contributed by atoms with Crippen molar-refractivity contribution in [2.75, 3.05) is 9.80 Å². The number of anilines is 5. The molecule has 0 N–H and O–H groups in total. The molecule has 0 bridgehead atoms. The lowest BCUT2D eigenvalue weighted by Gasteiger charge is -2.30. The van der Waals surface area contributed by atoms with Crippen LogP contribution in [0.3, 0.4) is 0 Å². The second-order valence-corrected chi connectivity index (χ2v) is 14.1. The highest BCUT2D eigenvalue weighted by molar-refractivity contribution is 6.14. The van der Waals surface area contributed by atoms with Gasteiger partial charge in [-0.1, -0.05) is 159 Å². The summed E-state index contributed by atoms with van der Waals surface area (Å²) < 4.78 is 0. The van der Waals surface area contributed by atoms with Gasteiger partial charge in [-0.2, -0.15) is 0 Å². The molecule has 8 rings (SSSR count). The molecule has 0 aliphatic rings. The first-order valence-corrected chi connectivity index (χ1v) is 19.5. The van der Waals surface area contributed by atoms with E-state index in [0.29, 0.717) is 0 Å². The first-order chi connectivity index (χ1) is 27.6. The molecule has 0 aromatic heterocycles. The summed E-state index contributed by atoms with van der Waals surface area (Å²) in [6.45, 7) is 10.5. The van der Waals surface area contributed by atoms with Crippen molar-refractivity contribution in [2.24, 2.45) is 0 Å². The van der Waals surface area contributed by atoms with Crippen molar-refractivity contribution < 1.29 is 0 Å². The van der Waals surface area contributed by atoms with E-state index in [-0.39, 0.29) is 0 Å². The van der Waals surface area contributed by atoms with E-state index in [9.17, 15) is 0 Å². The molecule has 0 aliphatic heterocycles. The van der Waals surface area contributed by atoms with Crippen LogP contribution in [-0.2, 0) is 0 Å². The van der Waals surface area contributed by atoms with Crippen LogP contribution >= 0.6 is 0 Å². The van der Waals surface area contributed by atoms with Crippen molar-refractivity contribution in [2.45, 2.75) is 27.2 Å². The summed E-state index contributed by atoms with van der Waals surface area (Å²) >= 11 is 0. The molecule has 0 atom stereocenters. The summed E-state index contributed by atoms with van der Waals surface area (Å²) in [5.74, 6) is 0. The van der Waals surface area contributed by atoms with E-state index in [4.69, 9.17) is 0 Å². The van der Waals surface area contributed by atoms with Crippen molar-refractivity contribution in [3.05, 3.63) is 218 Å². The summed E-state index contributed by atoms with van der Waals surface area (Å²) in [5, 5.41) is 7.44. The van der Waals surface area contributed by atoms with Crippen LogP contribution in [0.5, 0.6) is 0 Å². The Bertz CT molecular complexity index is 2750. The van der Waals surface area contributed by atoms with Crippen molar-refractivity contribution in [1.29, 1.82) is 0 Å². The number of fused-ring (bicyclic) bond motifs is 4. The van der Waals surface area contributed by atoms with Gasteiger partial charge < -0.3 is 9.80 Å². The lowest BCUT2D eigenvalue weighted by molar-refractivity contribution is 1.01. The van der Waals surface area contributed by atoms with Gasteiger partial charge in [-0.3, -0.25) is 0 Å². The van der Waals surface area contributed by atoms with E-state index in [2.05, 4.69) is 225 Å². The Labute approximate surface area is 331 Å². The third-order valence-electron chi connectivity index (χ3n) is 10.7. The normalized spacial score (nSPS) is 11.9. The standard InChI is InChI=1S/C54H46N2/c1-5-8-21-44(7-3)55(53-37-42-19-13-15-25-48(42)39(4)49(53)24-9-6-2)46-33-29-40(30-34-46)41-31-35-47(36-32-41)56(45-22-11-10-12-23-45)54-38-43-20-14-16-26-50(43)51-27-17-18-28-52(51)54/h5-6,8-38H,2,7H2,1,3-4H3/b8-5-,24-9-,44-21+. The Morgan fingerprint density at radius 1 is 0.554 bits per heavy atom. The number of benzene rings is 8. The van der Waals surface area contributed by atoms with Crippen LogP contribution in [0.2, 0.25) is 0 Å². The number of rotatable bonds is 11. The summed E-state index contributed by atoms with van der Waals surface area (Å²) in [6, 6.07) is 59.4. The summed E-state index contributed by atoms with van der Waals surface area (Å²) in [5.41, 5.74) is 11.6. The average molecular weight is 723 g/mol. The van der Waals surface area contributed by atoms with E-state index in [0.717, 1.165) is 34.9 Å². The smallest absolute Gasteiger partial charge is 0.0546 e. The molecular formula is C54H46N2. The molecule has 0 heterocycles. The van der Waals surface area contributed by atoms with E-state index in [1.165, 1.54) is 60.3 Å². The molecular weight excluding hydrogens is 677 g/mol. The van der Waals surface area contributed by atoms with Gasteiger partial charge in [0.05, 0.1) is 11.4 Å². The molecule has 0 aliphatic carbocycles. The maximum Gasteiger partial charge on any atom is 0.0546 e. The van der Waals surface area contributed by atoms with Gasteiger partial charge in [0.25, 0.3) is 0 Å². The fourth-order valence-electron chi connectivity index (χ4n) is 7.93. The molecule has 56 heavy (non-hydrogen) atoms. The fraction of sp³-hybridized carbons (Fsp3) is 0.0741. The first-order valence-electron chi connectivity index (χ1n) is 19.5. The number of hydrogen-bond donors (Lipinski definition) is 0. The van der Waals surface area contributed by atoms with Crippen molar-refractivity contribution in [3.8, 4) is 11.1 Å². The van der Waals surface area contributed by atoms with Gasteiger partial charge in [-0.25, -0.2) is 0 Å². The van der Waals surface area contributed by atoms with Crippen LogP contribution in [0.1, 0.15) is 31.4 Å². The zero-order valence-corrected chi connectivity index (χ0v) is 32.4. The van der Waals surface area contributed by atoms with E-state index < -0.39 is 0 Å². The minimum atomic E-state index is 0.869. The summed E-state index contributed by atoms with van der Waals surface area (Å²) in [4.78, 5) is 4.80. The van der Waals surface area contributed by atoms with Crippen LogP contribution in [0.15, 0.2) is 206 Å². The van der Waals surface area contributed by atoms with Gasteiger partial charge in [0, 0.05) is 33.7 Å². The lowest BCUT2D eigenvalue weighted by atomic mass is 9.96. The van der Waals surface area contributed by atoms with Gasteiger partial charge in [0.2, 0.25) is 0 Å². The molecule has 0 saturated carbocycles. The number of para-hydroxylation sites is 1. The zero-order valence-electron chi connectivity index (χ0n) is 32.4. The molecule has 272 valence electrons. The molecule has 2 nitrogen and oxygen atoms in total. The van der Waals surface area contributed by atoms with Crippen LogP contribution in [0, 0.1) is 6.92 Å². The Kier molecular flexibility index (Phi) is 10.5. The predicted octanol–water partition coefficient (Wildman–Crippen LogP) is 15.8. The maximum atomic E-state index is 3.98. The Morgan fingerprint density at radius 2 is 1.09 bits per heavy atom. The second kappa shape index (κ2) is 16.2. The Morgan fingerprint density at radius 3 is 1.73 bits per heavy atom. The Balaban J connectivity index is 1.20. The van der Waals surface area contributed by atoms with E-state index >= 15 is 0 Å². The molecule has 0 amide bonds. The minimum Gasteiger partial charge on any atom is -0.314 e. The van der Waals surface area contributed by atoms with Crippen LogP contribution in [0.4, 0.5) is 28.4 Å². The molecule has 0 fully saturated rings. The first kappa shape index (κ1) is 36.1. The number of allylic oxidation sites excluding steroid dienone is 6. The number of hydrogen-bond acceptors (Lipinski definition) is 2. The topological polar surface area (TPSA) is 6.48 Å². The molecule has 0 radical (unpaired) electrons. The van der Waals surface area contributed by atoms with E-state index in [1.807, 2.05) is 12.2 Å². The molecule has 0 saturated heterocycles. The second-order valence-electron chi connectivity index (χ2n) is 14.1. The van der Waals surface area contributed by atoms with Gasteiger partial charge in [-0.15, -0.1) is 0 Å². The Hall–Kier alpha value is -6.90. The third-order valence-corrected chi connectivity index (χ3v) is 10.7. The highest BCUT2D eigenvalue weighted by Crippen LogP contribution is 2.43. The maximum absolute atomic E-state index is 3.98.